The van der Waals surface area contributed by atoms with Gasteiger partial charge < -0.3 is 13.9 Å². The van der Waals surface area contributed by atoms with Gasteiger partial charge in [-0.1, -0.05) is 17.7 Å². The predicted octanol–water partition coefficient (Wildman–Crippen LogP) is 3.71. The van der Waals surface area contributed by atoms with Crippen LogP contribution in [0.3, 0.4) is 0 Å². The van der Waals surface area contributed by atoms with Gasteiger partial charge >= 0.3 is 0 Å². The van der Waals surface area contributed by atoms with Crippen LogP contribution in [0.2, 0.25) is 0 Å². The van der Waals surface area contributed by atoms with E-state index in [0.717, 1.165) is 11.3 Å². The largest absolute Gasteiger partial charge is 0.364 e. The molecule has 6 heteroatoms. The fraction of sp³-hybridized carbons (Fsp3) is 0.200. The van der Waals surface area contributed by atoms with E-state index in [1.54, 1.807) is 48.1 Å². The predicted molar refractivity (Wildman–Crippen MR) is 103 cm³/mol. The van der Waals surface area contributed by atoms with Gasteiger partial charge in [0.1, 0.15) is 6.73 Å². The first-order chi connectivity index (χ1) is 12.4. The first-order valence-corrected chi connectivity index (χ1v) is 9.71. The summed E-state index contributed by atoms with van der Waals surface area (Å²) >= 11 is 0. The Balaban J connectivity index is 2.21. The topological polar surface area (TPSA) is 53.2 Å². The zero-order chi connectivity index (χ0) is 18.7. The van der Waals surface area contributed by atoms with Crippen LogP contribution in [-0.4, -0.2) is 24.7 Å². The maximum Gasteiger partial charge on any atom is 0.208 e. The van der Waals surface area contributed by atoms with E-state index >= 15 is 0 Å². The van der Waals surface area contributed by atoms with E-state index in [-0.39, 0.29) is 16.5 Å². The van der Waals surface area contributed by atoms with Gasteiger partial charge in [-0.3, -0.25) is 0 Å². The third kappa shape index (κ3) is 3.52. The molecule has 26 heavy (non-hydrogen) atoms. The number of methoxy groups -OCH3 is 1. The van der Waals surface area contributed by atoms with Crippen molar-refractivity contribution in [1.29, 1.82) is 0 Å². The van der Waals surface area contributed by atoms with Gasteiger partial charge in [-0.05, 0) is 49.4 Å². The Morgan fingerprint density at radius 2 is 1.77 bits per heavy atom. The summed E-state index contributed by atoms with van der Waals surface area (Å²) < 4.78 is 35.7. The molecule has 3 rings (SSSR count). The van der Waals surface area contributed by atoms with Gasteiger partial charge in [0.2, 0.25) is 9.84 Å². The van der Waals surface area contributed by atoms with Crippen molar-refractivity contribution in [2.45, 2.75) is 18.6 Å². The van der Waals surface area contributed by atoms with E-state index in [1.807, 2.05) is 49.1 Å². The second-order valence-electron chi connectivity index (χ2n) is 6.15. The van der Waals surface area contributed by atoms with E-state index in [1.165, 1.54) is 0 Å². The fourth-order valence-electron chi connectivity index (χ4n) is 2.78. The third-order valence-electron chi connectivity index (χ3n) is 4.23. The Labute approximate surface area is 154 Å². The molecule has 0 bridgehead atoms. The molecule has 5 nitrogen and oxygen atoms in total. The number of sulfone groups is 1. The van der Waals surface area contributed by atoms with E-state index < -0.39 is 9.84 Å². The highest BCUT2D eigenvalue weighted by Crippen LogP contribution is 2.30. The van der Waals surface area contributed by atoms with Crippen LogP contribution >= 0.6 is 0 Å². The number of ether oxygens (including phenoxy) is 1. The lowest BCUT2D eigenvalue weighted by Crippen LogP contribution is -2.10. The summed E-state index contributed by atoms with van der Waals surface area (Å²) in [7, 11) is -0.236. The van der Waals surface area contributed by atoms with Crippen molar-refractivity contribution >= 4 is 20.8 Å². The molecule has 2 aromatic heterocycles. The van der Waals surface area contributed by atoms with Gasteiger partial charge in [0.25, 0.3) is 0 Å². The lowest BCUT2D eigenvalue weighted by atomic mass is 10.2. The van der Waals surface area contributed by atoms with Crippen LogP contribution in [0.15, 0.2) is 65.8 Å². The highest BCUT2D eigenvalue weighted by molar-refractivity contribution is 8.00. The summed E-state index contributed by atoms with van der Waals surface area (Å²) in [6.07, 6.45) is 5.40. The zero-order valence-electron chi connectivity index (χ0n) is 15.1. The molecule has 0 unspecified atom stereocenters. The van der Waals surface area contributed by atoms with E-state index in [2.05, 4.69) is 0 Å². The number of hydrogen-bond donors (Lipinski definition) is 0. The molecule has 0 saturated heterocycles. The number of benzene rings is 1. The molecule has 0 aliphatic rings. The molecule has 0 atom stereocenters. The van der Waals surface area contributed by atoms with Crippen molar-refractivity contribution < 1.29 is 13.2 Å². The van der Waals surface area contributed by atoms with E-state index in [0.29, 0.717) is 5.69 Å². The first-order valence-electron chi connectivity index (χ1n) is 8.22. The molecule has 3 aromatic rings. The van der Waals surface area contributed by atoms with Crippen molar-refractivity contribution in [3.8, 4) is 0 Å². The minimum Gasteiger partial charge on any atom is -0.364 e. The van der Waals surface area contributed by atoms with Crippen molar-refractivity contribution in [2.24, 2.45) is 7.05 Å². The minimum absolute atomic E-state index is 0.241. The zero-order valence-corrected chi connectivity index (χ0v) is 15.9. The number of rotatable bonds is 6. The third-order valence-corrected chi connectivity index (χ3v) is 6.03. The van der Waals surface area contributed by atoms with Crippen molar-refractivity contribution in [2.75, 3.05) is 7.11 Å². The van der Waals surface area contributed by atoms with Crippen LogP contribution in [-0.2, 0) is 28.4 Å². The van der Waals surface area contributed by atoms with Crippen molar-refractivity contribution in [1.82, 2.24) is 9.13 Å². The molecule has 0 spiro atoms. The quantitative estimate of drug-likeness (QED) is 0.665. The second-order valence-corrected chi connectivity index (χ2v) is 8.07. The van der Waals surface area contributed by atoms with Gasteiger partial charge in [0.15, 0.2) is 0 Å². The lowest BCUT2D eigenvalue weighted by molar-refractivity contribution is 0.131. The normalized spacial score (nSPS) is 12.5. The van der Waals surface area contributed by atoms with Crippen LogP contribution < -0.4 is 0 Å². The molecule has 0 saturated carbocycles. The Morgan fingerprint density at radius 3 is 2.38 bits per heavy atom. The highest BCUT2D eigenvalue weighted by Gasteiger charge is 2.25. The Bertz CT molecular complexity index is 1030. The molecule has 0 N–H and O–H groups in total. The van der Waals surface area contributed by atoms with Crippen LogP contribution in [0, 0.1) is 6.92 Å². The average molecular weight is 370 g/mol. The summed E-state index contributed by atoms with van der Waals surface area (Å²) in [6.45, 7) is 2.21. The van der Waals surface area contributed by atoms with E-state index in [4.69, 9.17) is 4.74 Å². The molecular formula is C20H22N2O3S. The van der Waals surface area contributed by atoms with Gasteiger partial charge in [0.05, 0.1) is 15.5 Å². The van der Waals surface area contributed by atoms with Gasteiger partial charge in [-0.15, -0.1) is 0 Å². The van der Waals surface area contributed by atoms with Gasteiger partial charge in [0, 0.05) is 32.2 Å². The fourth-order valence-corrected chi connectivity index (χ4v) is 4.27. The molecule has 0 fully saturated rings. The van der Waals surface area contributed by atoms with Crippen molar-refractivity contribution in [3.05, 3.63) is 77.9 Å². The molecule has 136 valence electrons. The summed E-state index contributed by atoms with van der Waals surface area (Å²) in [5.41, 5.74) is 2.41. The maximum atomic E-state index is 13.4. The monoisotopic (exact) mass is 370 g/mol. The smallest absolute Gasteiger partial charge is 0.208 e. The summed E-state index contributed by atoms with van der Waals surface area (Å²) in [6, 6.07) is 14.3. The van der Waals surface area contributed by atoms with Gasteiger partial charge in [-0.2, -0.15) is 0 Å². The van der Waals surface area contributed by atoms with Crippen molar-refractivity contribution in [3.63, 3.8) is 0 Å². The lowest BCUT2D eigenvalue weighted by Gasteiger charge is -2.14. The molecule has 0 amide bonds. The summed E-state index contributed by atoms with van der Waals surface area (Å²) in [5.74, 6) is 0. The summed E-state index contributed by atoms with van der Waals surface area (Å²) in [4.78, 5) is 0.513. The van der Waals surface area contributed by atoms with Gasteiger partial charge in [-0.25, -0.2) is 8.42 Å². The molecule has 0 aliphatic heterocycles. The second kappa shape index (κ2) is 7.35. The number of aromatic nitrogens is 2. The number of nitrogens with zero attached hydrogens (tertiary/aromatic N) is 2. The van der Waals surface area contributed by atoms with Crippen LogP contribution in [0.4, 0.5) is 0 Å². The number of hydrogen-bond acceptors (Lipinski definition) is 3. The maximum absolute atomic E-state index is 13.4. The standard InChI is InChI=1S/C20H22N2O3S/c1-16-8-10-18(11-9-16)26(23,24)20(14-17-6-4-12-21(17)2)19-7-5-13-22(19)15-25-3/h4-14H,15H2,1-3H3/b20-14+. The minimum atomic E-state index is -3.70. The molecule has 1 aromatic carbocycles. The SMILES string of the molecule is COCn1cccc1/C(=C\c1cccn1C)S(=O)(=O)c1ccc(C)cc1. The number of aryl methyl sites for hydroxylation is 2. The Hall–Kier alpha value is -2.57. The molecule has 2 heterocycles. The highest BCUT2D eigenvalue weighted by atomic mass is 32.2. The van der Waals surface area contributed by atoms with E-state index in [9.17, 15) is 8.42 Å². The average Bonchev–Trinajstić information content (AvgIpc) is 3.22. The first kappa shape index (κ1) is 18.2. The molecule has 0 radical (unpaired) electrons. The molecule has 0 aliphatic carbocycles. The molecular weight excluding hydrogens is 348 g/mol. The summed E-state index contributed by atoms with van der Waals surface area (Å²) in [5, 5.41) is 0. The Morgan fingerprint density at radius 1 is 1.08 bits per heavy atom. The Kier molecular flexibility index (Phi) is 5.15. The van der Waals surface area contributed by atoms with Crippen LogP contribution in [0.25, 0.3) is 11.0 Å². The van der Waals surface area contributed by atoms with Crippen LogP contribution in [0.1, 0.15) is 17.0 Å². The van der Waals surface area contributed by atoms with Crippen LogP contribution in [0.5, 0.6) is 0 Å².